The van der Waals surface area contributed by atoms with Crippen molar-refractivity contribution < 1.29 is 35.9 Å². The molecule has 1 aromatic carbocycles. The van der Waals surface area contributed by atoms with Crippen LogP contribution < -0.4 is 0 Å². The first kappa shape index (κ1) is 20.2. The second-order valence-electron chi connectivity index (χ2n) is 6.00. The van der Waals surface area contributed by atoms with Gasteiger partial charge in [-0.15, -0.1) is 0 Å². The Labute approximate surface area is 145 Å². The lowest BCUT2D eigenvalue weighted by Crippen LogP contribution is -2.67. The topological polar surface area (TPSA) is 37.4 Å². The summed E-state index contributed by atoms with van der Waals surface area (Å²) in [5.74, 6) is -1.33. The molecule has 3 nitrogen and oxygen atoms in total. The van der Waals surface area contributed by atoms with Gasteiger partial charge in [-0.3, -0.25) is 14.5 Å². The molecule has 1 heterocycles. The molecule has 0 saturated heterocycles. The van der Waals surface area contributed by atoms with Crippen LogP contribution in [0.2, 0.25) is 0 Å². The highest BCUT2D eigenvalue weighted by atomic mass is 19.4. The number of hydrogen-bond acceptors (Lipinski definition) is 3. The number of Topliss-reactive ketones (excluding diaryl/α,β-unsaturated/α-hetero) is 2. The smallest absolute Gasteiger partial charge is 0.294 e. The van der Waals surface area contributed by atoms with Gasteiger partial charge < -0.3 is 0 Å². The first-order chi connectivity index (χ1) is 11.9. The van der Waals surface area contributed by atoms with Crippen molar-refractivity contribution in [1.29, 1.82) is 0 Å². The molecule has 1 aliphatic rings. The molecule has 0 radical (unpaired) electrons. The van der Waals surface area contributed by atoms with E-state index < -0.39 is 48.0 Å². The Morgan fingerprint density at radius 2 is 1.62 bits per heavy atom. The first-order valence-corrected chi connectivity index (χ1v) is 7.58. The Hall–Kier alpha value is -2.16. The Kier molecular flexibility index (Phi) is 5.32. The van der Waals surface area contributed by atoms with Gasteiger partial charge in [0, 0.05) is 12.0 Å². The Bertz CT molecular complexity index is 707. The lowest BCUT2D eigenvalue weighted by atomic mass is 9.85. The van der Waals surface area contributed by atoms with E-state index in [1.54, 1.807) is 18.2 Å². The molecule has 1 aromatic rings. The Balaban J connectivity index is 2.34. The van der Waals surface area contributed by atoms with E-state index in [1.807, 2.05) is 0 Å². The number of rotatable bonds is 4. The van der Waals surface area contributed by atoms with E-state index in [0.29, 0.717) is 7.05 Å². The van der Waals surface area contributed by atoms with Crippen molar-refractivity contribution in [2.24, 2.45) is 0 Å². The summed E-state index contributed by atoms with van der Waals surface area (Å²) < 4.78 is 79.9. The summed E-state index contributed by atoms with van der Waals surface area (Å²) in [6.07, 6.45) is -12.3. The third-order valence-corrected chi connectivity index (χ3v) is 4.31. The number of hydrogen-bond donors (Lipinski definition) is 0. The maximum absolute atomic E-state index is 13.3. The van der Waals surface area contributed by atoms with E-state index in [4.69, 9.17) is 0 Å². The minimum atomic E-state index is -5.67. The summed E-state index contributed by atoms with van der Waals surface area (Å²) in [6.45, 7) is -1.04. The van der Waals surface area contributed by atoms with Gasteiger partial charge in [0.2, 0.25) is 5.54 Å². The maximum atomic E-state index is 13.3. The van der Waals surface area contributed by atoms with Crippen molar-refractivity contribution in [2.75, 3.05) is 13.6 Å². The average molecular weight is 379 g/mol. The second-order valence-corrected chi connectivity index (χ2v) is 6.00. The van der Waals surface area contributed by atoms with Crippen LogP contribution in [0.25, 0.3) is 0 Å². The Morgan fingerprint density at radius 3 is 2.12 bits per heavy atom. The number of carbonyl (C=O) groups excluding carboxylic acids is 2. The highest BCUT2D eigenvalue weighted by Crippen LogP contribution is 2.49. The SMILES string of the molecule is CN1CC(=O)C(CCC(=O)c2ccccc2)=CC1(C(F)(F)F)C(F)(F)F. The molecule has 0 unspecified atom stereocenters. The molecule has 0 spiro atoms. The molecule has 0 atom stereocenters. The molecular weight excluding hydrogens is 364 g/mol. The predicted octanol–water partition coefficient (Wildman–Crippen LogP) is 3.95. The van der Waals surface area contributed by atoms with Gasteiger partial charge in [-0.05, 0) is 25.1 Å². The third-order valence-electron chi connectivity index (χ3n) is 4.31. The molecule has 0 amide bonds. The zero-order valence-corrected chi connectivity index (χ0v) is 13.6. The zero-order valence-electron chi connectivity index (χ0n) is 13.6. The fourth-order valence-electron chi connectivity index (χ4n) is 2.87. The van der Waals surface area contributed by atoms with Crippen molar-refractivity contribution in [3.63, 3.8) is 0 Å². The normalized spacial score (nSPS) is 18.6. The maximum Gasteiger partial charge on any atom is 0.419 e. The van der Waals surface area contributed by atoms with Crippen LogP contribution in [-0.4, -0.2) is 48.0 Å². The molecule has 2 rings (SSSR count). The van der Waals surface area contributed by atoms with Gasteiger partial charge >= 0.3 is 12.4 Å². The summed E-state index contributed by atoms with van der Waals surface area (Å²) in [7, 11) is 0.598. The van der Waals surface area contributed by atoms with Gasteiger partial charge in [0.25, 0.3) is 0 Å². The van der Waals surface area contributed by atoms with Crippen LogP contribution in [0.5, 0.6) is 0 Å². The van der Waals surface area contributed by atoms with Gasteiger partial charge in [0.05, 0.1) is 6.54 Å². The molecule has 26 heavy (non-hydrogen) atoms. The lowest BCUT2D eigenvalue weighted by molar-refractivity contribution is -0.319. The quantitative estimate of drug-likeness (QED) is 0.587. The zero-order chi connectivity index (χ0) is 19.8. The first-order valence-electron chi connectivity index (χ1n) is 7.58. The molecule has 0 aliphatic carbocycles. The van der Waals surface area contributed by atoms with Crippen LogP contribution in [-0.2, 0) is 4.79 Å². The van der Waals surface area contributed by atoms with Gasteiger partial charge in [0.1, 0.15) is 0 Å². The number of ketones is 2. The minimum Gasteiger partial charge on any atom is -0.294 e. The molecule has 0 fully saturated rings. The number of benzene rings is 1. The van der Waals surface area contributed by atoms with Crippen molar-refractivity contribution >= 4 is 11.6 Å². The summed E-state index contributed by atoms with van der Waals surface area (Å²) in [4.78, 5) is 23.9. The monoisotopic (exact) mass is 379 g/mol. The van der Waals surface area contributed by atoms with Crippen LogP contribution in [0.15, 0.2) is 42.0 Å². The number of alkyl halides is 6. The summed E-state index contributed by atoms with van der Waals surface area (Å²) in [6, 6.07) is 7.75. The Morgan fingerprint density at radius 1 is 1.08 bits per heavy atom. The van der Waals surface area contributed by atoms with E-state index in [1.165, 1.54) is 12.1 Å². The van der Waals surface area contributed by atoms with Gasteiger partial charge in [-0.25, -0.2) is 0 Å². The van der Waals surface area contributed by atoms with Crippen LogP contribution in [0.1, 0.15) is 23.2 Å². The summed E-state index contributed by atoms with van der Waals surface area (Å²) in [5.41, 5.74) is -4.62. The lowest BCUT2D eigenvalue weighted by Gasteiger charge is -2.44. The number of nitrogens with zero attached hydrogens (tertiary/aromatic N) is 1. The van der Waals surface area contributed by atoms with Crippen molar-refractivity contribution in [3.05, 3.63) is 47.5 Å². The molecule has 1 aliphatic heterocycles. The largest absolute Gasteiger partial charge is 0.419 e. The number of likely N-dealkylation sites (N-methyl/N-ethyl adjacent to an activating group) is 1. The average Bonchev–Trinajstić information content (AvgIpc) is 2.52. The molecule has 142 valence electrons. The summed E-state index contributed by atoms with van der Waals surface area (Å²) >= 11 is 0. The highest BCUT2D eigenvalue weighted by molar-refractivity contribution is 6.00. The van der Waals surface area contributed by atoms with Crippen LogP contribution >= 0.6 is 0 Å². The van der Waals surface area contributed by atoms with Crippen molar-refractivity contribution in [3.8, 4) is 0 Å². The molecular formula is C17H15F6NO2. The van der Waals surface area contributed by atoms with Gasteiger partial charge in [-0.2, -0.15) is 26.3 Å². The fraction of sp³-hybridized carbons (Fsp3) is 0.412. The number of carbonyl (C=O) groups is 2. The van der Waals surface area contributed by atoms with Crippen molar-refractivity contribution in [1.82, 2.24) is 4.90 Å². The third kappa shape index (κ3) is 3.53. The van der Waals surface area contributed by atoms with E-state index in [2.05, 4.69) is 0 Å². The van der Waals surface area contributed by atoms with Crippen LogP contribution in [0.3, 0.4) is 0 Å². The van der Waals surface area contributed by atoms with E-state index in [-0.39, 0.29) is 23.0 Å². The molecule has 0 bridgehead atoms. The summed E-state index contributed by atoms with van der Waals surface area (Å²) in [5, 5.41) is 0. The standard InChI is InChI=1S/C17H15F6NO2/c1-24-10-14(26)12(7-8-13(25)11-5-3-2-4-6-11)9-15(24,16(18,19)20)17(21,22)23/h2-6,9H,7-8,10H2,1H3. The van der Waals surface area contributed by atoms with Gasteiger partial charge in [0.15, 0.2) is 11.6 Å². The molecule has 9 heteroatoms. The van der Waals surface area contributed by atoms with Gasteiger partial charge in [-0.1, -0.05) is 30.3 Å². The highest BCUT2D eigenvalue weighted by Gasteiger charge is 2.73. The number of halogens is 6. The van der Waals surface area contributed by atoms with Crippen molar-refractivity contribution in [2.45, 2.75) is 30.7 Å². The molecule has 0 saturated carbocycles. The second kappa shape index (κ2) is 6.86. The van der Waals surface area contributed by atoms with Crippen LogP contribution in [0.4, 0.5) is 26.3 Å². The molecule has 0 aromatic heterocycles. The predicted molar refractivity (Wildman–Crippen MR) is 80.6 cm³/mol. The van der Waals surface area contributed by atoms with E-state index in [9.17, 15) is 35.9 Å². The van der Waals surface area contributed by atoms with Crippen LogP contribution in [0, 0.1) is 0 Å². The fourth-order valence-corrected chi connectivity index (χ4v) is 2.87. The minimum absolute atomic E-state index is 0.0577. The van der Waals surface area contributed by atoms with E-state index in [0.717, 1.165) is 0 Å². The van der Waals surface area contributed by atoms with E-state index >= 15 is 0 Å². The molecule has 0 N–H and O–H groups in total.